The van der Waals surface area contributed by atoms with Crippen molar-refractivity contribution in [1.82, 2.24) is 4.72 Å². The summed E-state index contributed by atoms with van der Waals surface area (Å²) in [6, 6.07) is 5.07. The minimum atomic E-state index is -3.53. The number of hydrogen-bond acceptors (Lipinski definition) is 3. The molecule has 2 N–H and O–H groups in total. The molecule has 0 spiro atoms. The monoisotopic (exact) mass is 293 g/mol. The van der Waals surface area contributed by atoms with Crippen LogP contribution < -0.4 is 4.72 Å². The summed E-state index contributed by atoms with van der Waals surface area (Å²) in [5, 5.41) is 8.56. The molecule has 0 heterocycles. The number of aliphatic hydroxyl groups excluding tert-OH is 1. The molecule has 0 atom stereocenters. The molecular formula is C9H12BrNO3S. The van der Waals surface area contributed by atoms with Crippen molar-refractivity contribution in [3.05, 3.63) is 28.2 Å². The van der Waals surface area contributed by atoms with Crippen molar-refractivity contribution in [2.45, 2.75) is 11.8 Å². The summed E-state index contributed by atoms with van der Waals surface area (Å²) in [6.45, 7) is 1.61. The molecule has 0 aliphatic heterocycles. The molecule has 0 radical (unpaired) electrons. The summed E-state index contributed by atoms with van der Waals surface area (Å²) in [4.78, 5) is 0.191. The Hall–Kier alpha value is -0.430. The van der Waals surface area contributed by atoms with Crippen LogP contribution in [0.5, 0.6) is 0 Å². The van der Waals surface area contributed by atoms with Crippen LogP contribution in [0, 0.1) is 6.92 Å². The lowest BCUT2D eigenvalue weighted by Gasteiger charge is -2.07. The summed E-state index contributed by atoms with van der Waals surface area (Å²) in [7, 11) is -3.53. The van der Waals surface area contributed by atoms with Gasteiger partial charge < -0.3 is 5.11 Å². The van der Waals surface area contributed by atoms with E-state index in [1.54, 1.807) is 12.1 Å². The smallest absolute Gasteiger partial charge is 0.241 e. The molecule has 0 aromatic heterocycles. The SMILES string of the molecule is Cc1ccc(Br)c(S(=O)(=O)NCCO)c1. The first-order chi connectivity index (χ1) is 6.97. The lowest BCUT2D eigenvalue weighted by atomic mass is 10.2. The maximum absolute atomic E-state index is 11.7. The van der Waals surface area contributed by atoms with Crippen LogP contribution in [-0.4, -0.2) is 26.7 Å². The van der Waals surface area contributed by atoms with Crippen LogP contribution >= 0.6 is 15.9 Å². The molecule has 1 aromatic carbocycles. The van der Waals surface area contributed by atoms with Gasteiger partial charge in [0.05, 0.1) is 11.5 Å². The largest absolute Gasteiger partial charge is 0.395 e. The maximum Gasteiger partial charge on any atom is 0.241 e. The average molecular weight is 294 g/mol. The van der Waals surface area contributed by atoms with E-state index >= 15 is 0 Å². The highest BCUT2D eigenvalue weighted by Gasteiger charge is 2.16. The van der Waals surface area contributed by atoms with E-state index in [0.29, 0.717) is 4.47 Å². The van der Waals surface area contributed by atoms with Crippen LogP contribution in [0.2, 0.25) is 0 Å². The van der Waals surface area contributed by atoms with Gasteiger partial charge in [-0.25, -0.2) is 13.1 Å². The Morgan fingerprint density at radius 1 is 1.47 bits per heavy atom. The summed E-state index contributed by atoms with van der Waals surface area (Å²) in [5.41, 5.74) is 0.863. The van der Waals surface area contributed by atoms with Crippen LogP contribution in [0.15, 0.2) is 27.6 Å². The second kappa shape index (κ2) is 5.07. The molecule has 1 aromatic rings. The molecule has 0 saturated heterocycles. The van der Waals surface area contributed by atoms with E-state index in [4.69, 9.17) is 5.11 Å². The number of benzene rings is 1. The summed E-state index contributed by atoms with van der Waals surface area (Å²) in [5.74, 6) is 0. The third kappa shape index (κ3) is 3.27. The highest BCUT2D eigenvalue weighted by atomic mass is 79.9. The van der Waals surface area contributed by atoms with Crippen LogP contribution in [0.4, 0.5) is 0 Å². The highest BCUT2D eigenvalue weighted by Crippen LogP contribution is 2.22. The lowest BCUT2D eigenvalue weighted by molar-refractivity contribution is 0.301. The zero-order valence-electron chi connectivity index (χ0n) is 8.20. The third-order valence-corrected chi connectivity index (χ3v) is 4.24. The van der Waals surface area contributed by atoms with E-state index in [-0.39, 0.29) is 18.0 Å². The van der Waals surface area contributed by atoms with Crippen molar-refractivity contribution in [3.8, 4) is 0 Å². The zero-order chi connectivity index (χ0) is 11.5. The standard InChI is InChI=1S/C9H12BrNO3S/c1-7-2-3-8(10)9(6-7)15(13,14)11-4-5-12/h2-3,6,11-12H,4-5H2,1H3. The molecular weight excluding hydrogens is 282 g/mol. The van der Waals surface area contributed by atoms with Gasteiger partial charge in [0.2, 0.25) is 10.0 Å². The predicted octanol–water partition coefficient (Wildman–Crippen LogP) is 1.03. The quantitative estimate of drug-likeness (QED) is 0.871. The van der Waals surface area contributed by atoms with E-state index in [1.165, 1.54) is 0 Å². The first-order valence-corrected chi connectivity index (χ1v) is 6.61. The molecule has 15 heavy (non-hydrogen) atoms. The zero-order valence-corrected chi connectivity index (χ0v) is 10.6. The third-order valence-electron chi connectivity index (χ3n) is 1.78. The van der Waals surface area contributed by atoms with Gasteiger partial charge in [0, 0.05) is 11.0 Å². The van der Waals surface area contributed by atoms with Crippen molar-refractivity contribution in [3.63, 3.8) is 0 Å². The molecule has 1 rings (SSSR count). The molecule has 0 bridgehead atoms. The first kappa shape index (κ1) is 12.6. The number of aryl methyl sites for hydroxylation is 1. The second-order valence-corrected chi connectivity index (χ2v) is 5.64. The van der Waals surface area contributed by atoms with Crippen LogP contribution in [0.3, 0.4) is 0 Å². The van der Waals surface area contributed by atoms with Crippen LogP contribution in [0.1, 0.15) is 5.56 Å². The fraction of sp³-hybridized carbons (Fsp3) is 0.333. The Bertz CT molecular complexity index is 445. The van der Waals surface area contributed by atoms with Crippen molar-refractivity contribution in [1.29, 1.82) is 0 Å². The normalized spacial score (nSPS) is 11.7. The molecule has 0 fully saturated rings. The number of halogens is 1. The molecule has 0 aliphatic rings. The van der Waals surface area contributed by atoms with Gasteiger partial charge in [-0.15, -0.1) is 0 Å². The molecule has 0 unspecified atom stereocenters. The number of rotatable bonds is 4. The van der Waals surface area contributed by atoms with Gasteiger partial charge in [-0.2, -0.15) is 0 Å². The Morgan fingerprint density at radius 2 is 2.13 bits per heavy atom. The number of hydrogen-bond donors (Lipinski definition) is 2. The Balaban J connectivity index is 3.09. The Labute approximate surface area is 97.5 Å². The first-order valence-electron chi connectivity index (χ1n) is 4.34. The van der Waals surface area contributed by atoms with Gasteiger partial charge in [-0.05, 0) is 40.5 Å². The predicted molar refractivity (Wildman–Crippen MR) is 61.2 cm³/mol. The topological polar surface area (TPSA) is 66.4 Å². The van der Waals surface area contributed by atoms with E-state index in [9.17, 15) is 8.42 Å². The minimum Gasteiger partial charge on any atom is -0.395 e. The maximum atomic E-state index is 11.7. The minimum absolute atomic E-state index is 0.0166. The van der Waals surface area contributed by atoms with Crippen LogP contribution in [-0.2, 0) is 10.0 Å². The number of sulfonamides is 1. The molecule has 0 saturated carbocycles. The van der Waals surface area contributed by atoms with Crippen molar-refractivity contribution in [2.24, 2.45) is 0 Å². The van der Waals surface area contributed by atoms with Gasteiger partial charge >= 0.3 is 0 Å². The number of aliphatic hydroxyl groups is 1. The lowest BCUT2D eigenvalue weighted by Crippen LogP contribution is -2.27. The fourth-order valence-electron chi connectivity index (χ4n) is 1.07. The summed E-state index contributed by atoms with van der Waals surface area (Å²) < 4.78 is 26.2. The van der Waals surface area contributed by atoms with Gasteiger partial charge in [0.25, 0.3) is 0 Å². The van der Waals surface area contributed by atoms with E-state index in [2.05, 4.69) is 20.7 Å². The van der Waals surface area contributed by atoms with Crippen LogP contribution in [0.25, 0.3) is 0 Å². The van der Waals surface area contributed by atoms with Crippen molar-refractivity contribution in [2.75, 3.05) is 13.2 Å². The van der Waals surface area contributed by atoms with Gasteiger partial charge in [0.15, 0.2) is 0 Å². The Morgan fingerprint density at radius 3 is 2.73 bits per heavy atom. The van der Waals surface area contributed by atoms with E-state index in [1.807, 2.05) is 13.0 Å². The molecule has 0 aliphatic carbocycles. The highest BCUT2D eigenvalue weighted by molar-refractivity contribution is 9.10. The number of nitrogens with one attached hydrogen (secondary N) is 1. The van der Waals surface area contributed by atoms with E-state index in [0.717, 1.165) is 5.56 Å². The van der Waals surface area contributed by atoms with Gasteiger partial charge in [-0.1, -0.05) is 6.07 Å². The van der Waals surface area contributed by atoms with Crippen molar-refractivity contribution < 1.29 is 13.5 Å². The fourth-order valence-corrected chi connectivity index (χ4v) is 3.14. The summed E-state index contributed by atoms with van der Waals surface area (Å²) >= 11 is 3.18. The van der Waals surface area contributed by atoms with Gasteiger partial charge in [0.1, 0.15) is 0 Å². The van der Waals surface area contributed by atoms with Crippen molar-refractivity contribution >= 4 is 26.0 Å². The van der Waals surface area contributed by atoms with Gasteiger partial charge in [-0.3, -0.25) is 0 Å². The average Bonchev–Trinajstić information content (AvgIpc) is 2.18. The summed E-state index contributed by atoms with van der Waals surface area (Å²) in [6.07, 6.45) is 0. The Kier molecular flexibility index (Phi) is 4.27. The second-order valence-electron chi connectivity index (χ2n) is 3.06. The molecule has 0 amide bonds. The molecule has 84 valence electrons. The molecule has 6 heteroatoms. The van der Waals surface area contributed by atoms with E-state index < -0.39 is 10.0 Å². The molecule has 4 nitrogen and oxygen atoms in total.